The molecule has 0 spiro atoms. The molecule has 0 fully saturated rings. The van der Waals surface area contributed by atoms with E-state index in [0.717, 1.165) is 5.69 Å². The van der Waals surface area contributed by atoms with Gasteiger partial charge in [-0.1, -0.05) is 4.85 Å². The molecule has 0 radical (unpaired) electrons. The first kappa shape index (κ1) is 5.83. The first-order chi connectivity index (χ1) is 4.43. The van der Waals surface area contributed by atoms with Crippen LogP contribution in [0.15, 0.2) is 12.5 Å². The van der Waals surface area contributed by atoms with E-state index in [1.165, 1.54) is 0 Å². The predicted octanol–water partition coefficient (Wildman–Crippen LogP) is 0.915. The van der Waals surface area contributed by atoms with Crippen molar-refractivity contribution in [2.75, 3.05) is 7.05 Å². The number of aromatic nitrogens is 2. The summed E-state index contributed by atoms with van der Waals surface area (Å²) in [6.45, 7) is 0. The second-order valence-electron chi connectivity index (χ2n) is 1.62. The summed E-state index contributed by atoms with van der Waals surface area (Å²) in [5, 5.41) is 0. The largest absolute Gasteiger partial charge is 0.351 e. The Labute approximate surface area is 53.6 Å². The Morgan fingerprint density at radius 2 is 2.78 bits per heavy atom. The van der Waals surface area contributed by atoms with Gasteiger partial charge in [-0.2, -0.15) is 0 Å². The number of hydrogen-bond acceptors (Lipinski definition) is 1. The van der Waals surface area contributed by atoms with Crippen molar-refractivity contribution in [1.82, 2.24) is 9.97 Å². The van der Waals surface area contributed by atoms with Crippen LogP contribution in [0.4, 0.5) is 0 Å². The van der Waals surface area contributed by atoms with Gasteiger partial charge in [0.15, 0.2) is 0 Å². The van der Waals surface area contributed by atoms with Crippen molar-refractivity contribution >= 4 is 0 Å². The normalized spacial score (nSPS) is 8.11. The van der Waals surface area contributed by atoms with E-state index in [0.29, 0.717) is 6.42 Å². The van der Waals surface area contributed by atoms with Gasteiger partial charge in [-0.15, -0.1) is 0 Å². The molecule has 0 unspecified atom stereocenters. The summed E-state index contributed by atoms with van der Waals surface area (Å²) in [5.74, 6) is 0. The predicted molar refractivity (Wildman–Crippen MR) is 35.5 cm³/mol. The average Bonchev–Trinajstić information content (AvgIpc) is 2.34. The summed E-state index contributed by atoms with van der Waals surface area (Å²) in [7, 11) is 1.70. The summed E-state index contributed by atoms with van der Waals surface area (Å²) >= 11 is 0. The maximum absolute atomic E-state index is 3.98. The van der Waals surface area contributed by atoms with Crippen molar-refractivity contribution in [3.8, 4) is 6.07 Å². The van der Waals surface area contributed by atoms with Gasteiger partial charge in [-0.05, 0) is 0 Å². The zero-order valence-electron chi connectivity index (χ0n) is 5.26. The highest BCUT2D eigenvalue weighted by atomic mass is 14.9. The van der Waals surface area contributed by atoms with Crippen LogP contribution < -0.4 is 0 Å². The van der Waals surface area contributed by atoms with Crippen LogP contribution in [0.1, 0.15) is 5.69 Å². The molecule has 1 aromatic rings. The van der Waals surface area contributed by atoms with Crippen LogP contribution in [0, 0.1) is 6.07 Å². The van der Waals surface area contributed by atoms with Gasteiger partial charge in [-0.25, -0.2) is 4.98 Å². The van der Waals surface area contributed by atoms with Crippen LogP contribution in [0.2, 0.25) is 0 Å². The first-order valence-electron chi connectivity index (χ1n) is 2.73. The number of H-pyrrole nitrogens is 1. The molecule has 1 N–H and O–H groups in total. The monoisotopic (exact) mass is 122 g/mol. The SMILES string of the molecule is C[N+]#CCc1c[nH]cn1. The van der Waals surface area contributed by atoms with Gasteiger partial charge in [0, 0.05) is 6.20 Å². The Kier molecular flexibility index (Phi) is 1.86. The lowest BCUT2D eigenvalue weighted by Crippen LogP contribution is -1.77. The molecule has 46 valence electrons. The van der Waals surface area contributed by atoms with Crippen molar-refractivity contribution in [3.05, 3.63) is 23.1 Å². The van der Waals surface area contributed by atoms with Crippen LogP contribution in [0.5, 0.6) is 0 Å². The number of nitrogens with one attached hydrogen (secondary N) is 1. The fraction of sp³-hybridized carbons (Fsp3) is 0.333. The fourth-order valence-electron chi connectivity index (χ4n) is 0.548. The number of aromatic amines is 1. The molecule has 0 atom stereocenters. The molecule has 0 aliphatic carbocycles. The van der Waals surface area contributed by atoms with Gasteiger partial charge in [0.1, 0.15) is 6.42 Å². The van der Waals surface area contributed by atoms with E-state index in [4.69, 9.17) is 0 Å². The van der Waals surface area contributed by atoms with E-state index in [2.05, 4.69) is 20.9 Å². The van der Waals surface area contributed by atoms with Crippen LogP contribution in [-0.2, 0) is 6.42 Å². The third kappa shape index (κ3) is 1.57. The lowest BCUT2D eigenvalue weighted by molar-refractivity contribution is 1.18. The molecule has 0 saturated heterocycles. The Morgan fingerprint density at radius 3 is 3.33 bits per heavy atom. The summed E-state index contributed by atoms with van der Waals surface area (Å²) in [4.78, 5) is 10.5. The molecule has 0 amide bonds. The molecule has 0 aliphatic rings. The molecule has 3 heteroatoms. The quantitative estimate of drug-likeness (QED) is 0.590. The molecule has 9 heavy (non-hydrogen) atoms. The van der Waals surface area contributed by atoms with Gasteiger partial charge in [0.05, 0.1) is 12.0 Å². The number of hydrogen-bond donors (Lipinski definition) is 1. The molecule has 3 nitrogen and oxygen atoms in total. The Morgan fingerprint density at radius 1 is 1.89 bits per heavy atom. The molecule has 1 rings (SSSR count). The van der Waals surface area contributed by atoms with Crippen LogP contribution in [0.3, 0.4) is 0 Å². The topological polar surface area (TPSA) is 33.0 Å². The minimum Gasteiger partial charge on any atom is -0.351 e. The summed E-state index contributed by atoms with van der Waals surface area (Å²) < 4.78 is 0. The average molecular weight is 122 g/mol. The maximum atomic E-state index is 3.98. The zero-order chi connectivity index (χ0) is 6.53. The van der Waals surface area contributed by atoms with Gasteiger partial charge < -0.3 is 4.98 Å². The van der Waals surface area contributed by atoms with Gasteiger partial charge in [-0.3, -0.25) is 0 Å². The molecule has 0 aliphatic heterocycles. The van der Waals surface area contributed by atoms with Gasteiger partial charge in [0.25, 0.3) is 13.1 Å². The second-order valence-corrected chi connectivity index (χ2v) is 1.62. The molecule has 1 aromatic heterocycles. The fourth-order valence-corrected chi connectivity index (χ4v) is 0.548. The van der Waals surface area contributed by atoms with E-state index in [9.17, 15) is 0 Å². The lowest BCUT2D eigenvalue weighted by atomic mass is 10.4. The third-order valence-electron chi connectivity index (χ3n) is 0.973. The summed E-state index contributed by atoms with van der Waals surface area (Å²) in [5.41, 5.74) is 0.973. The van der Waals surface area contributed by atoms with E-state index in [1.54, 1.807) is 13.4 Å². The number of nitrogens with zero attached hydrogens (tertiary/aromatic N) is 2. The van der Waals surface area contributed by atoms with Crippen molar-refractivity contribution in [2.24, 2.45) is 0 Å². The highest BCUT2D eigenvalue weighted by Gasteiger charge is 1.92. The number of rotatable bonds is 1. The van der Waals surface area contributed by atoms with Crippen molar-refractivity contribution < 1.29 is 0 Å². The van der Waals surface area contributed by atoms with E-state index >= 15 is 0 Å². The summed E-state index contributed by atoms with van der Waals surface area (Å²) in [6, 6.07) is 2.79. The molecule has 0 saturated carbocycles. The summed E-state index contributed by atoms with van der Waals surface area (Å²) in [6.07, 6.45) is 4.17. The van der Waals surface area contributed by atoms with Crippen LogP contribution in [-0.4, -0.2) is 17.0 Å². The Balaban J connectivity index is 2.54. The maximum Gasteiger partial charge on any atom is 0.279 e. The van der Waals surface area contributed by atoms with Crippen molar-refractivity contribution in [2.45, 2.75) is 6.42 Å². The molecular weight excluding hydrogens is 114 g/mol. The minimum absolute atomic E-state index is 0.694. The molecule has 0 aromatic carbocycles. The van der Waals surface area contributed by atoms with Gasteiger partial charge in [0.2, 0.25) is 0 Å². The standard InChI is InChI=1S/C6H8N3/c1-7-3-2-6-4-8-5-9-6/h4-5H,2H2,1H3,(H,8,9)/q+1. The highest BCUT2D eigenvalue weighted by Crippen LogP contribution is 1.89. The molecule has 0 bridgehead atoms. The van der Waals surface area contributed by atoms with Gasteiger partial charge >= 0.3 is 0 Å². The van der Waals surface area contributed by atoms with E-state index < -0.39 is 0 Å². The zero-order valence-corrected chi connectivity index (χ0v) is 5.26. The van der Waals surface area contributed by atoms with Crippen molar-refractivity contribution in [3.63, 3.8) is 0 Å². The van der Waals surface area contributed by atoms with E-state index in [-0.39, 0.29) is 0 Å². The third-order valence-corrected chi connectivity index (χ3v) is 0.973. The number of imidazole rings is 1. The van der Waals surface area contributed by atoms with Crippen LogP contribution in [0.25, 0.3) is 4.85 Å². The van der Waals surface area contributed by atoms with Crippen molar-refractivity contribution in [1.29, 1.82) is 0 Å². The second kappa shape index (κ2) is 2.88. The molecule has 1 heterocycles. The minimum atomic E-state index is 0.694. The first-order valence-corrected chi connectivity index (χ1v) is 2.73. The Hall–Kier alpha value is -1.30. The van der Waals surface area contributed by atoms with E-state index in [1.807, 2.05) is 6.20 Å². The molecular formula is C6H8N3+. The lowest BCUT2D eigenvalue weighted by Gasteiger charge is -1.72. The van der Waals surface area contributed by atoms with Crippen LogP contribution >= 0.6 is 0 Å². The smallest absolute Gasteiger partial charge is 0.279 e. The Bertz CT molecular complexity index is 214. The highest BCUT2D eigenvalue weighted by molar-refractivity contribution is 5.04.